The van der Waals surface area contributed by atoms with Gasteiger partial charge in [0.2, 0.25) is 5.89 Å². The van der Waals surface area contributed by atoms with Crippen LogP contribution in [0.25, 0.3) is 22.6 Å². The van der Waals surface area contributed by atoms with Crippen LogP contribution in [-0.2, 0) is 4.74 Å². The number of rotatable bonds is 2. The number of benzene rings is 2. The third-order valence-electron chi connectivity index (χ3n) is 4.76. The highest BCUT2D eigenvalue weighted by Crippen LogP contribution is 2.38. The van der Waals surface area contributed by atoms with Gasteiger partial charge in [-0.25, -0.2) is 4.98 Å². The zero-order chi connectivity index (χ0) is 18.4. The molecule has 1 aliphatic rings. The van der Waals surface area contributed by atoms with Gasteiger partial charge in [-0.3, -0.25) is 0 Å². The van der Waals surface area contributed by atoms with Crippen LogP contribution in [0.5, 0.6) is 5.75 Å². The maximum atomic E-state index is 10.6. The molecule has 3 aromatic rings. The van der Waals surface area contributed by atoms with Crippen LogP contribution in [-0.4, -0.2) is 10.1 Å². The summed E-state index contributed by atoms with van der Waals surface area (Å²) in [4.78, 5) is 6.53. The Bertz CT molecular complexity index is 1020. The molecule has 4 rings (SSSR count). The van der Waals surface area contributed by atoms with Gasteiger partial charge in [-0.1, -0.05) is 12.1 Å². The van der Waals surface area contributed by atoms with Gasteiger partial charge in [0, 0.05) is 11.8 Å². The lowest BCUT2D eigenvalue weighted by Crippen LogP contribution is -2.25. The molecule has 1 aromatic heterocycles. The van der Waals surface area contributed by atoms with Crippen LogP contribution in [0, 0.1) is 0 Å². The van der Waals surface area contributed by atoms with Gasteiger partial charge in [0.25, 0.3) is 0 Å². The van der Waals surface area contributed by atoms with E-state index in [1.54, 1.807) is 6.07 Å². The number of aromatic nitrogens is 1. The maximum absolute atomic E-state index is 10.6. The molecule has 5 heteroatoms. The van der Waals surface area contributed by atoms with E-state index in [0.717, 1.165) is 34.1 Å². The van der Waals surface area contributed by atoms with Crippen molar-refractivity contribution in [2.24, 2.45) is 0 Å². The SMILES string of the molecule is CC1=C(C)N(c2ccc(-c3nc4ccccc4o3)c(O)c2)C(C)=C(C)O1. The van der Waals surface area contributed by atoms with Crippen molar-refractivity contribution in [3.8, 4) is 17.2 Å². The molecule has 0 fully saturated rings. The summed E-state index contributed by atoms with van der Waals surface area (Å²) in [6.07, 6.45) is 0. The zero-order valence-electron chi connectivity index (χ0n) is 15.2. The van der Waals surface area contributed by atoms with Crippen molar-refractivity contribution in [3.63, 3.8) is 0 Å². The standard InChI is InChI=1S/C21H20N2O3/c1-12-14(3)25-15(4)13(2)23(12)16-9-10-17(19(24)11-16)21-22-18-7-5-6-8-20(18)26-21/h5-11,24H,1-4H3. The molecular weight excluding hydrogens is 328 g/mol. The maximum Gasteiger partial charge on any atom is 0.231 e. The summed E-state index contributed by atoms with van der Waals surface area (Å²) in [7, 11) is 0. The Hall–Kier alpha value is -3.21. The molecule has 0 radical (unpaired) electrons. The number of aromatic hydroxyl groups is 1. The van der Waals surface area contributed by atoms with Crippen LogP contribution in [0.2, 0.25) is 0 Å². The van der Waals surface area contributed by atoms with E-state index in [1.807, 2.05) is 64.1 Å². The van der Waals surface area contributed by atoms with Crippen molar-refractivity contribution in [3.05, 3.63) is 65.4 Å². The number of ether oxygens (including phenoxy) is 1. The Labute approximate surface area is 151 Å². The summed E-state index contributed by atoms with van der Waals surface area (Å²) in [5.74, 6) is 2.21. The highest BCUT2D eigenvalue weighted by Gasteiger charge is 2.23. The average Bonchev–Trinajstić information content (AvgIpc) is 3.04. The molecule has 2 heterocycles. The first-order valence-electron chi connectivity index (χ1n) is 8.47. The van der Waals surface area contributed by atoms with Crippen molar-refractivity contribution >= 4 is 16.8 Å². The van der Waals surface area contributed by atoms with Crippen molar-refractivity contribution in [1.29, 1.82) is 0 Å². The molecule has 0 unspecified atom stereocenters. The first-order chi connectivity index (χ1) is 12.5. The van der Waals surface area contributed by atoms with Crippen molar-refractivity contribution in [1.82, 2.24) is 4.98 Å². The van der Waals surface area contributed by atoms with Gasteiger partial charge < -0.3 is 19.2 Å². The number of allylic oxidation sites excluding steroid dienone is 4. The first-order valence-corrected chi connectivity index (χ1v) is 8.47. The van der Waals surface area contributed by atoms with Gasteiger partial charge in [-0.2, -0.15) is 0 Å². The molecule has 1 N–H and O–H groups in total. The fourth-order valence-corrected chi connectivity index (χ4v) is 3.16. The fourth-order valence-electron chi connectivity index (χ4n) is 3.16. The Kier molecular flexibility index (Phi) is 3.72. The van der Waals surface area contributed by atoms with Gasteiger partial charge in [0.1, 0.15) is 22.8 Å². The predicted molar refractivity (Wildman–Crippen MR) is 101 cm³/mol. The lowest BCUT2D eigenvalue weighted by molar-refractivity contribution is 0.288. The number of nitrogens with zero attached hydrogens (tertiary/aromatic N) is 2. The lowest BCUT2D eigenvalue weighted by Gasteiger charge is -2.33. The number of hydrogen-bond acceptors (Lipinski definition) is 5. The monoisotopic (exact) mass is 348 g/mol. The molecule has 0 aliphatic carbocycles. The highest BCUT2D eigenvalue weighted by atomic mass is 16.5. The van der Waals surface area contributed by atoms with E-state index in [0.29, 0.717) is 17.0 Å². The third kappa shape index (κ3) is 2.52. The van der Waals surface area contributed by atoms with Crippen molar-refractivity contribution in [2.45, 2.75) is 27.7 Å². The number of anilines is 1. The van der Waals surface area contributed by atoms with E-state index in [1.165, 1.54) is 0 Å². The molecule has 0 amide bonds. The van der Waals surface area contributed by atoms with Crippen LogP contribution in [0.3, 0.4) is 0 Å². The summed E-state index contributed by atoms with van der Waals surface area (Å²) in [6.45, 7) is 7.86. The van der Waals surface area contributed by atoms with E-state index in [-0.39, 0.29) is 5.75 Å². The van der Waals surface area contributed by atoms with E-state index < -0.39 is 0 Å². The number of hydrogen-bond donors (Lipinski definition) is 1. The quantitative estimate of drug-likeness (QED) is 0.659. The molecule has 1 aliphatic heterocycles. The minimum absolute atomic E-state index is 0.122. The number of phenolic OH excluding ortho intramolecular Hbond substituents is 1. The molecular formula is C21H20N2O3. The summed E-state index contributed by atoms with van der Waals surface area (Å²) >= 11 is 0. The van der Waals surface area contributed by atoms with Crippen LogP contribution in [0.4, 0.5) is 5.69 Å². The number of fused-ring (bicyclic) bond motifs is 1. The first kappa shape index (κ1) is 16.3. The fraction of sp³-hybridized carbons (Fsp3) is 0.190. The van der Waals surface area contributed by atoms with Gasteiger partial charge in [-0.15, -0.1) is 0 Å². The van der Waals surface area contributed by atoms with Gasteiger partial charge >= 0.3 is 0 Å². The molecule has 132 valence electrons. The Morgan fingerprint density at radius 1 is 0.923 bits per heavy atom. The molecule has 2 aromatic carbocycles. The molecule has 26 heavy (non-hydrogen) atoms. The number of oxazole rings is 1. The Morgan fingerprint density at radius 2 is 1.62 bits per heavy atom. The van der Waals surface area contributed by atoms with Gasteiger partial charge in [0.15, 0.2) is 5.58 Å². The van der Waals surface area contributed by atoms with Gasteiger partial charge in [-0.05, 0) is 52.0 Å². The van der Waals surface area contributed by atoms with Crippen molar-refractivity contribution < 1.29 is 14.3 Å². The number of para-hydroxylation sites is 2. The topological polar surface area (TPSA) is 58.7 Å². The Morgan fingerprint density at radius 3 is 2.27 bits per heavy atom. The van der Waals surface area contributed by atoms with E-state index >= 15 is 0 Å². The van der Waals surface area contributed by atoms with Crippen LogP contribution < -0.4 is 4.90 Å². The van der Waals surface area contributed by atoms with E-state index in [4.69, 9.17) is 9.15 Å². The minimum Gasteiger partial charge on any atom is -0.507 e. The number of phenols is 1. The largest absolute Gasteiger partial charge is 0.507 e. The predicted octanol–water partition coefficient (Wildman–Crippen LogP) is 5.54. The molecule has 0 bridgehead atoms. The van der Waals surface area contributed by atoms with E-state index in [9.17, 15) is 5.11 Å². The van der Waals surface area contributed by atoms with Gasteiger partial charge in [0.05, 0.1) is 17.0 Å². The van der Waals surface area contributed by atoms with Crippen LogP contribution >= 0.6 is 0 Å². The summed E-state index contributed by atoms with van der Waals surface area (Å²) in [5.41, 5.74) is 4.87. The Balaban J connectivity index is 1.78. The molecule has 0 saturated heterocycles. The lowest BCUT2D eigenvalue weighted by atomic mass is 10.1. The second-order valence-electron chi connectivity index (χ2n) is 6.41. The van der Waals surface area contributed by atoms with Crippen molar-refractivity contribution in [2.75, 3.05) is 4.90 Å². The summed E-state index contributed by atoms with van der Waals surface area (Å²) < 4.78 is 11.5. The normalized spacial score (nSPS) is 15.0. The second kappa shape index (κ2) is 5.95. The van der Waals surface area contributed by atoms with Crippen LogP contribution in [0.15, 0.2) is 69.8 Å². The molecule has 0 atom stereocenters. The summed E-state index contributed by atoms with van der Waals surface area (Å²) in [5, 5.41) is 10.6. The second-order valence-corrected chi connectivity index (χ2v) is 6.41. The van der Waals surface area contributed by atoms with Crippen LogP contribution in [0.1, 0.15) is 27.7 Å². The molecule has 5 nitrogen and oxygen atoms in total. The highest BCUT2D eigenvalue weighted by molar-refractivity contribution is 5.78. The molecule has 0 saturated carbocycles. The average molecular weight is 348 g/mol. The zero-order valence-corrected chi connectivity index (χ0v) is 15.2. The summed E-state index contributed by atoms with van der Waals surface area (Å²) in [6, 6.07) is 13.1. The minimum atomic E-state index is 0.122. The van der Waals surface area contributed by atoms with E-state index in [2.05, 4.69) is 9.88 Å². The molecule has 0 spiro atoms. The smallest absolute Gasteiger partial charge is 0.231 e. The third-order valence-corrected chi connectivity index (χ3v) is 4.76.